The van der Waals surface area contributed by atoms with Crippen LogP contribution in [0.4, 0.5) is 0 Å². The molecule has 3 aromatic carbocycles. The van der Waals surface area contributed by atoms with Crippen molar-refractivity contribution < 1.29 is 9.53 Å². The van der Waals surface area contributed by atoms with Crippen LogP contribution in [0.15, 0.2) is 72.8 Å². The summed E-state index contributed by atoms with van der Waals surface area (Å²) in [6.45, 7) is 1.58. The highest BCUT2D eigenvalue weighted by atomic mass is 16.5. The van der Waals surface area contributed by atoms with Crippen LogP contribution in [0.1, 0.15) is 17.3 Å². The molecule has 0 amide bonds. The highest BCUT2D eigenvalue weighted by molar-refractivity contribution is 5.95. The van der Waals surface area contributed by atoms with Crippen LogP contribution in [0.25, 0.3) is 22.3 Å². The third-order valence-corrected chi connectivity index (χ3v) is 3.93. The molecule has 2 heteroatoms. The highest BCUT2D eigenvalue weighted by Crippen LogP contribution is 2.32. The van der Waals surface area contributed by atoms with Crippen LogP contribution >= 0.6 is 0 Å². The first kappa shape index (κ1) is 15.0. The van der Waals surface area contributed by atoms with E-state index in [2.05, 4.69) is 24.3 Å². The minimum Gasteiger partial charge on any atom is -0.497 e. The summed E-state index contributed by atoms with van der Waals surface area (Å²) in [5.41, 5.74) is 5.27. The summed E-state index contributed by atoms with van der Waals surface area (Å²) in [4.78, 5) is 11.4. The maximum Gasteiger partial charge on any atom is 0.159 e. The third kappa shape index (κ3) is 3.16. The number of ketones is 1. The van der Waals surface area contributed by atoms with Crippen LogP contribution < -0.4 is 4.74 Å². The van der Waals surface area contributed by atoms with Crippen molar-refractivity contribution in [2.45, 2.75) is 6.92 Å². The Morgan fingerprint density at radius 3 is 1.65 bits per heavy atom. The van der Waals surface area contributed by atoms with E-state index in [4.69, 9.17) is 4.74 Å². The third-order valence-electron chi connectivity index (χ3n) is 3.93. The molecule has 0 N–H and O–H groups in total. The van der Waals surface area contributed by atoms with E-state index in [0.29, 0.717) is 0 Å². The summed E-state index contributed by atoms with van der Waals surface area (Å²) in [7, 11) is 1.67. The van der Waals surface area contributed by atoms with Crippen LogP contribution in [0.5, 0.6) is 5.75 Å². The topological polar surface area (TPSA) is 26.3 Å². The molecule has 0 radical (unpaired) electrons. The van der Waals surface area contributed by atoms with Crippen molar-refractivity contribution in [3.63, 3.8) is 0 Å². The number of ether oxygens (including phenoxy) is 1. The van der Waals surface area contributed by atoms with Gasteiger partial charge < -0.3 is 4.74 Å². The number of rotatable bonds is 4. The lowest BCUT2D eigenvalue weighted by Gasteiger charge is -2.11. The van der Waals surface area contributed by atoms with Crippen molar-refractivity contribution in [1.82, 2.24) is 0 Å². The van der Waals surface area contributed by atoms with Crippen LogP contribution in [0.2, 0.25) is 0 Å². The maximum absolute atomic E-state index is 11.4. The lowest BCUT2D eigenvalue weighted by Crippen LogP contribution is -1.91. The Balaban J connectivity index is 2.04. The first-order chi connectivity index (χ1) is 11.2. The minimum atomic E-state index is 0.0833. The Labute approximate surface area is 136 Å². The van der Waals surface area contributed by atoms with Gasteiger partial charge in [-0.15, -0.1) is 0 Å². The molecule has 0 saturated carbocycles. The van der Waals surface area contributed by atoms with Crippen molar-refractivity contribution in [3.8, 4) is 28.0 Å². The molecule has 0 heterocycles. The lowest BCUT2D eigenvalue weighted by molar-refractivity contribution is 0.101. The summed E-state index contributed by atoms with van der Waals surface area (Å²) >= 11 is 0. The van der Waals surface area contributed by atoms with Gasteiger partial charge in [0.2, 0.25) is 0 Å². The molecule has 0 aliphatic carbocycles. The number of Topliss-reactive ketones (excluding diaryl/α,β-unsaturated/α-hetero) is 1. The molecule has 0 spiro atoms. The summed E-state index contributed by atoms with van der Waals surface area (Å²) in [6.07, 6.45) is 0. The molecule has 0 saturated heterocycles. The molecule has 0 aliphatic heterocycles. The van der Waals surface area contributed by atoms with Gasteiger partial charge in [0, 0.05) is 5.56 Å². The van der Waals surface area contributed by atoms with Gasteiger partial charge >= 0.3 is 0 Å². The standard InChI is InChI=1S/C21H18O2/c1-15(22)16-7-9-17(10-8-16)20-5-3-4-6-21(20)18-11-13-19(23-2)14-12-18/h3-14H,1-2H3. The molecule has 114 valence electrons. The van der Waals surface area contributed by atoms with E-state index in [1.54, 1.807) is 14.0 Å². The number of carbonyl (C=O) groups is 1. The van der Waals surface area contributed by atoms with Gasteiger partial charge in [-0.1, -0.05) is 60.7 Å². The second kappa shape index (κ2) is 6.49. The number of methoxy groups -OCH3 is 1. The van der Waals surface area contributed by atoms with Crippen molar-refractivity contribution in [3.05, 3.63) is 78.4 Å². The fraction of sp³-hybridized carbons (Fsp3) is 0.0952. The predicted octanol–water partition coefficient (Wildman–Crippen LogP) is 5.23. The Bertz CT molecular complexity index is 815. The smallest absolute Gasteiger partial charge is 0.159 e. The zero-order chi connectivity index (χ0) is 16.2. The Kier molecular flexibility index (Phi) is 4.24. The van der Waals surface area contributed by atoms with Gasteiger partial charge in [0.1, 0.15) is 5.75 Å². The Hall–Kier alpha value is -2.87. The fourth-order valence-electron chi connectivity index (χ4n) is 2.64. The van der Waals surface area contributed by atoms with E-state index in [1.807, 2.05) is 48.5 Å². The molecular formula is C21H18O2. The molecule has 0 atom stereocenters. The quantitative estimate of drug-likeness (QED) is 0.617. The van der Waals surface area contributed by atoms with Crippen LogP contribution in [0.3, 0.4) is 0 Å². The summed E-state index contributed by atoms with van der Waals surface area (Å²) < 4.78 is 5.22. The molecule has 0 aliphatic rings. The van der Waals surface area contributed by atoms with Gasteiger partial charge in [0.05, 0.1) is 7.11 Å². The van der Waals surface area contributed by atoms with Gasteiger partial charge in [-0.05, 0) is 41.3 Å². The summed E-state index contributed by atoms with van der Waals surface area (Å²) in [6, 6.07) is 24.1. The first-order valence-electron chi connectivity index (χ1n) is 7.54. The number of hydrogen-bond acceptors (Lipinski definition) is 2. The largest absolute Gasteiger partial charge is 0.497 e. The zero-order valence-electron chi connectivity index (χ0n) is 13.2. The van der Waals surface area contributed by atoms with Crippen molar-refractivity contribution in [1.29, 1.82) is 0 Å². The van der Waals surface area contributed by atoms with Gasteiger partial charge in [0.15, 0.2) is 5.78 Å². The van der Waals surface area contributed by atoms with Gasteiger partial charge in [-0.2, -0.15) is 0 Å². The maximum atomic E-state index is 11.4. The van der Waals surface area contributed by atoms with E-state index >= 15 is 0 Å². The van der Waals surface area contributed by atoms with Crippen LogP contribution in [0, 0.1) is 0 Å². The second-order valence-electron chi connectivity index (χ2n) is 5.41. The van der Waals surface area contributed by atoms with Gasteiger partial charge in [-0.3, -0.25) is 4.79 Å². The molecule has 2 nitrogen and oxygen atoms in total. The van der Waals surface area contributed by atoms with Gasteiger partial charge in [-0.25, -0.2) is 0 Å². The molecule has 0 bridgehead atoms. The summed E-state index contributed by atoms with van der Waals surface area (Å²) in [5, 5.41) is 0. The lowest BCUT2D eigenvalue weighted by atomic mass is 9.94. The van der Waals surface area contributed by atoms with E-state index in [9.17, 15) is 4.79 Å². The van der Waals surface area contributed by atoms with Crippen LogP contribution in [-0.2, 0) is 0 Å². The number of benzene rings is 3. The second-order valence-corrected chi connectivity index (χ2v) is 5.41. The molecule has 0 unspecified atom stereocenters. The summed E-state index contributed by atoms with van der Waals surface area (Å²) in [5.74, 6) is 0.928. The number of carbonyl (C=O) groups excluding carboxylic acids is 1. The normalized spacial score (nSPS) is 10.3. The Morgan fingerprint density at radius 2 is 1.22 bits per heavy atom. The van der Waals surface area contributed by atoms with E-state index in [1.165, 1.54) is 0 Å². The SMILES string of the molecule is COc1ccc(-c2ccccc2-c2ccc(C(C)=O)cc2)cc1. The molecule has 3 aromatic rings. The molecule has 3 rings (SSSR count). The van der Waals surface area contributed by atoms with E-state index in [-0.39, 0.29) is 5.78 Å². The van der Waals surface area contributed by atoms with Crippen molar-refractivity contribution in [2.24, 2.45) is 0 Å². The highest BCUT2D eigenvalue weighted by Gasteiger charge is 2.08. The van der Waals surface area contributed by atoms with Gasteiger partial charge in [0.25, 0.3) is 0 Å². The number of hydrogen-bond donors (Lipinski definition) is 0. The average molecular weight is 302 g/mol. The molecule has 0 aromatic heterocycles. The average Bonchev–Trinajstić information content (AvgIpc) is 2.62. The molecule has 0 fully saturated rings. The predicted molar refractivity (Wildman–Crippen MR) is 93.9 cm³/mol. The minimum absolute atomic E-state index is 0.0833. The zero-order valence-corrected chi connectivity index (χ0v) is 13.2. The fourth-order valence-corrected chi connectivity index (χ4v) is 2.64. The van der Waals surface area contributed by atoms with E-state index < -0.39 is 0 Å². The first-order valence-corrected chi connectivity index (χ1v) is 7.54. The Morgan fingerprint density at radius 1 is 0.739 bits per heavy atom. The van der Waals surface area contributed by atoms with Crippen LogP contribution in [-0.4, -0.2) is 12.9 Å². The monoisotopic (exact) mass is 302 g/mol. The van der Waals surface area contributed by atoms with Crippen molar-refractivity contribution >= 4 is 5.78 Å². The molecular weight excluding hydrogens is 284 g/mol. The van der Waals surface area contributed by atoms with Crippen molar-refractivity contribution in [2.75, 3.05) is 7.11 Å². The molecule has 23 heavy (non-hydrogen) atoms. The van der Waals surface area contributed by atoms with E-state index in [0.717, 1.165) is 33.6 Å².